The predicted molar refractivity (Wildman–Crippen MR) is 100 cm³/mol. The van der Waals surface area contributed by atoms with Crippen molar-refractivity contribution in [2.24, 2.45) is 0 Å². The minimum absolute atomic E-state index is 0.357. The van der Waals surface area contributed by atoms with Crippen LogP contribution < -0.4 is 15.4 Å². The second-order valence-electron chi connectivity index (χ2n) is 6.59. The van der Waals surface area contributed by atoms with Gasteiger partial charge in [0.1, 0.15) is 17.8 Å². The third kappa shape index (κ3) is 3.62. The Morgan fingerprint density at radius 2 is 1.74 bits per heavy atom. The van der Waals surface area contributed by atoms with E-state index in [1.165, 1.54) is 0 Å². The van der Waals surface area contributed by atoms with Crippen LogP contribution in [0, 0.1) is 6.92 Å². The number of benzene rings is 2. The van der Waals surface area contributed by atoms with Gasteiger partial charge in [-0.25, -0.2) is 4.79 Å². The first-order valence-corrected chi connectivity index (χ1v) is 8.48. The first-order valence-electron chi connectivity index (χ1n) is 8.48. The smallest absolute Gasteiger partial charge is 0.325 e. The number of nitrogens with one attached hydrogen (secondary N) is 2. The van der Waals surface area contributed by atoms with Gasteiger partial charge in [-0.05, 0) is 43.7 Å². The monoisotopic (exact) mass is 367 g/mol. The minimum atomic E-state index is -1.23. The molecule has 0 aliphatic carbocycles. The Balaban J connectivity index is 1.73. The lowest BCUT2D eigenvalue weighted by Crippen LogP contribution is -2.42. The lowest BCUT2D eigenvalue weighted by Gasteiger charge is -2.22. The maximum Gasteiger partial charge on any atom is 0.325 e. The largest absolute Gasteiger partial charge is 0.497 e. The number of nitrogens with zero attached hydrogens (tertiary/aromatic N) is 1. The van der Waals surface area contributed by atoms with E-state index in [0.29, 0.717) is 17.0 Å². The maximum atomic E-state index is 12.9. The van der Waals surface area contributed by atoms with Gasteiger partial charge in [0, 0.05) is 5.69 Å². The van der Waals surface area contributed by atoms with Gasteiger partial charge in [0.05, 0.1) is 7.11 Å². The predicted octanol–water partition coefficient (Wildman–Crippen LogP) is 2.41. The van der Waals surface area contributed by atoms with Crippen molar-refractivity contribution in [1.29, 1.82) is 0 Å². The summed E-state index contributed by atoms with van der Waals surface area (Å²) >= 11 is 0. The van der Waals surface area contributed by atoms with Crippen molar-refractivity contribution in [3.8, 4) is 5.75 Å². The average Bonchev–Trinajstić information content (AvgIpc) is 2.88. The number of rotatable bonds is 5. The fraction of sp³-hybridized carbons (Fsp3) is 0.250. The van der Waals surface area contributed by atoms with Crippen LogP contribution in [0.1, 0.15) is 18.1 Å². The van der Waals surface area contributed by atoms with Gasteiger partial charge in [-0.3, -0.25) is 14.5 Å². The molecule has 140 valence electrons. The van der Waals surface area contributed by atoms with Crippen LogP contribution in [0.4, 0.5) is 10.5 Å². The van der Waals surface area contributed by atoms with Gasteiger partial charge in [0.15, 0.2) is 0 Å². The zero-order chi connectivity index (χ0) is 19.6. The summed E-state index contributed by atoms with van der Waals surface area (Å²) in [7, 11) is 1.55. The van der Waals surface area contributed by atoms with Crippen molar-refractivity contribution in [2.75, 3.05) is 19.0 Å². The number of anilines is 1. The van der Waals surface area contributed by atoms with Crippen LogP contribution in [0.25, 0.3) is 0 Å². The van der Waals surface area contributed by atoms with Gasteiger partial charge >= 0.3 is 6.03 Å². The number of hydrogen-bond acceptors (Lipinski definition) is 4. The molecule has 1 heterocycles. The molecule has 27 heavy (non-hydrogen) atoms. The van der Waals surface area contributed by atoms with Crippen LogP contribution in [0.5, 0.6) is 5.75 Å². The highest BCUT2D eigenvalue weighted by Crippen LogP contribution is 2.30. The van der Waals surface area contributed by atoms with Crippen LogP contribution in [0.2, 0.25) is 0 Å². The number of urea groups is 1. The number of carbonyl (C=O) groups is 3. The van der Waals surface area contributed by atoms with Crippen LogP contribution >= 0.6 is 0 Å². The zero-order valence-electron chi connectivity index (χ0n) is 15.4. The number of aryl methyl sites for hydroxylation is 1. The standard InChI is InChI=1S/C20H21N3O4/c1-13-4-8-15(9-5-13)21-17(24)12-23-18(25)20(2,22-19(23)26)14-6-10-16(27-3)11-7-14/h4-11H,12H2,1-3H3,(H,21,24)(H,22,26). The lowest BCUT2D eigenvalue weighted by molar-refractivity contribution is -0.133. The van der Waals surface area contributed by atoms with E-state index in [1.54, 1.807) is 50.4 Å². The Morgan fingerprint density at radius 3 is 2.33 bits per heavy atom. The Bertz CT molecular complexity index is 877. The summed E-state index contributed by atoms with van der Waals surface area (Å²) in [5, 5.41) is 5.37. The third-order valence-corrected chi connectivity index (χ3v) is 4.58. The van der Waals surface area contributed by atoms with Crippen molar-refractivity contribution in [3.05, 3.63) is 59.7 Å². The number of carbonyl (C=O) groups excluding carboxylic acids is 3. The van der Waals surface area contributed by atoms with E-state index in [4.69, 9.17) is 4.74 Å². The van der Waals surface area contributed by atoms with Gasteiger partial charge in [0.2, 0.25) is 5.91 Å². The van der Waals surface area contributed by atoms with E-state index in [9.17, 15) is 14.4 Å². The Kier molecular flexibility index (Phi) is 4.85. The topological polar surface area (TPSA) is 87.7 Å². The molecule has 1 unspecified atom stereocenters. The molecule has 1 saturated heterocycles. The number of amides is 4. The zero-order valence-corrected chi connectivity index (χ0v) is 15.4. The molecule has 0 spiro atoms. The molecule has 1 aliphatic rings. The minimum Gasteiger partial charge on any atom is -0.497 e. The molecule has 2 aromatic rings. The number of methoxy groups -OCH3 is 1. The van der Waals surface area contributed by atoms with Gasteiger partial charge in [-0.1, -0.05) is 29.8 Å². The fourth-order valence-electron chi connectivity index (χ4n) is 2.94. The maximum absolute atomic E-state index is 12.9. The SMILES string of the molecule is COc1ccc(C2(C)NC(=O)N(CC(=O)Nc3ccc(C)cc3)C2=O)cc1. The average molecular weight is 367 g/mol. The second-order valence-corrected chi connectivity index (χ2v) is 6.59. The Labute approximate surface area is 157 Å². The quantitative estimate of drug-likeness (QED) is 0.795. The van der Waals surface area contributed by atoms with Crippen LogP contribution in [-0.4, -0.2) is 36.4 Å². The van der Waals surface area contributed by atoms with Gasteiger partial charge in [0.25, 0.3) is 5.91 Å². The molecular formula is C20H21N3O4. The van der Waals surface area contributed by atoms with Crippen molar-refractivity contribution in [1.82, 2.24) is 10.2 Å². The molecule has 3 rings (SSSR count). The fourth-order valence-corrected chi connectivity index (χ4v) is 2.94. The molecule has 0 saturated carbocycles. The van der Waals surface area contributed by atoms with Gasteiger partial charge in [-0.15, -0.1) is 0 Å². The molecule has 4 amide bonds. The molecule has 0 aromatic heterocycles. The first kappa shape index (κ1) is 18.4. The lowest BCUT2D eigenvalue weighted by atomic mass is 9.92. The van der Waals surface area contributed by atoms with E-state index in [0.717, 1.165) is 10.5 Å². The molecule has 1 fully saturated rings. The van der Waals surface area contributed by atoms with Crippen LogP contribution in [-0.2, 0) is 15.1 Å². The van der Waals surface area contributed by atoms with Crippen molar-refractivity contribution in [3.63, 3.8) is 0 Å². The van der Waals surface area contributed by atoms with Crippen LogP contribution in [0.3, 0.4) is 0 Å². The molecule has 7 nitrogen and oxygen atoms in total. The summed E-state index contributed by atoms with van der Waals surface area (Å²) in [6, 6.07) is 13.5. The summed E-state index contributed by atoms with van der Waals surface area (Å²) in [4.78, 5) is 38.4. The summed E-state index contributed by atoms with van der Waals surface area (Å²) in [5.41, 5.74) is 1.06. The number of hydrogen-bond donors (Lipinski definition) is 2. The Hall–Kier alpha value is -3.35. The molecule has 0 radical (unpaired) electrons. The molecule has 1 aliphatic heterocycles. The molecule has 0 bridgehead atoms. The molecule has 7 heteroatoms. The van der Waals surface area contributed by atoms with E-state index in [-0.39, 0.29) is 6.54 Å². The normalized spacial score (nSPS) is 19.0. The summed E-state index contributed by atoms with van der Waals surface area (Å²) in [5.74, 6) is -0.272. The molecule has 1 atom stereocenters. The highest BCUT2D eigenvalue weighted by molar-refractivity contribution is 6.10. The summed E-state index contributed by atoms with van der Waals surface area (Å²) < 4.78 is 5.11. The second kappa shape index (κ2) is 7.11. The summed E-state index contributed by atoms with van der Waals surface area (Å²) in [6.45, 7) is 3.20. The van der Waals surface area contributed by atoms with Gasteiger partial charge < -0.3 is 15.4 Å². The van der Waals surface area contributed by atoms with E-state index in [2.05, 4.69) is 10.6 Å². The first-order chi connectivity index (χ1) is 12.8. The van der Waals surface area contributed by atoms with Crippen LogP contribution in [0.15, 0.2) is 48.5 Å². The highest BCUT2D eigenvalue weighted by Gasteiger charge is 2.49. The molecule has 2 N–H and O–H groups in total. The van der Waals surface area contributed by atoms with Crippen molar-refractivity contribution >= 4 is 23.5 Å². The van der Waals surface area contributed by atoms with Crippen molar-refractivity contribution in [2.45, 2.75) is 19.4 Å². The Morgan fingerprint density at radius 1 is 1.11 bits per heavy atom. The van der Waals surface area contributed by atoms with E-state index < -0.39 is 23.4 Å². The third-order valence-electron chi connectivity index (χ3n) is 4.58. The molecular weight excluding hydrogens is 346 g/mol. The van der Waals surface area contributed by atoms with Gasteiger partial charge in [-0.2, -0.15) is 0 Å². The van der Waals surface area contributed by atoms with E-state index >= 15 is 0 Å². The number of imide groups is 1. The summed E-state index contributed by atoms with van der Waals surface area (Å²) in [6.07, 6.45) is 0. The van der Waals surface area contributed by atoms with E-state index in [1.807, 2.05) is 19.1 Å². The highest BCUT2D eigenvalue weighted by atomic mass is 16.5. The van der Waals surface area contributed by atoms with Crippen molar-refractivity contribution < 1.29 is 19.1 Å². The molecule has 2 aromatic carbocycles. The number of ether oxygens (including phenoxy) is 1.